The summed E-state index contributed by atoms with van der Waals surface area (Å²) in [6.07, 6.45) is 4.21. The number of carboxylic acids is 1. The van der Waals surface area contributed by atoms with Crippen molar-refractivity contribution in [3.8, 4) is 0 Å². The SMILES string of the molecule is CC1CCC(C(=O)NCc2ccc(C(=O)O)cc2)CC1. The molecule has 0 aliphatic heterocycles. The Morgan fingerprint density at radius 1 is 1.15 bits per heavy atom. The maximum absolute atomic E-state index is 12.0. The van der Waals surface area contributed by atoms with Crippen LogP contribution in [0.2, 0.25) is 0 Å². The van der Waals surface area contributed by atoms with Gasteiger partial charge in [-0.25, -0.2) is 4.79 Å². The van der Waals surface area contributed by atoms with Crippen molar-refractivity contribution in [1.82, 2.24) is 5.32 Å². The fraction of sp³-hybridized carbons (Fsp3) is 0.500. The first-order valence-corrected chi connectivity index (χ1v) is 7.16. The second kappa shape index (κ2) is 6.55. The number of amides is 1. The van der Waals surface area contributed by atoms with Crippen LogP contribution in [0.3, 0.4) is 0 Å². The molecule has 0 aromatic heterocycles. The van der Waals surface area contributed by atoms with Gasteiger partial charge in [-0.1, -0.05) is 19.1 Å². The van der Waals surface area contributed by atoms with Crippen molar-refractivity contribution in [3.63, 3.8) is 0 Å². The molecule has 0 spiro atoms. The van der Waals surface area contributed by atoms with E-state index in [2.05, 4.69) is 12.2 Å². The Kier molecular flexibility index (Phi) is 4.77. The summed E-state index contributed by atoms with van der Waals surface area (Å²) in [5.74, 6) is 0.0724. The Balaban J connectivity index is 1.82. The predicted octanol–water partition coefficient (Wildman–Crippen LogP) is 2.83. The number of hydrogen-bond acceptors (Lipinski definition) is 2. The van der Waals surface area contributed by atoms with Crippen LogP contribution in [0.25, 0.3) is 0 Å². The molecule has 1 aliphatic carbocycles. The quantitative estimate of drug-likeness (QED) is 0.888. The highest BCUT2D eigenvalue weighted by Crippen LogP contribution is 2.28. The number of aromatic carboxylic acids is 1. The van der Waals surface area contributed by atoms with Gasteiger partial charge in [0.05, 0.1) is 5.56 Å². The molecule has 2 rings (SSSR count). The highest BCUT2D eigenvalue weighted by Gasteiger charge is 2.23. The fourth-order valence-electron chi connectivity index (χ4n) is 2.62. The Bertz CT molecular complexity index is 473. The first kappa shape index (κ1) is 14.6. The molecular formula is C16H21NO3. The molecule has 108 valence electrons. The third kappa shape index (κ3) is 3.83. The van der Waals surface area contributed by atoms with E-state index < -0.39 is 5.97 Å². The van der Waals surface area contributed by atoms with Gasteiger partial charge in [-0.05, 0) is 49.3 Å². The Morgan fingerprint density at radius 3 is 2.30 bits per heavy atom. The summed E-state index contributed by atoms with van der Waals surface area (Å²) in [7, 11) is 0. The normalized spacial score (nSPS) is 22.2. The molecule has 2 N–H and O–H groups in total. The molecule has 0 heterocycles. The van der Waals surface area contributed by atoms with E-state index in [-0.39, 0.29) is 17.4 Å². The number of carbonyl (C=O) groups excluding carboxylic acids is 1. The molecule has 1 aliphatic rings. The molecule has 1 saturated carbocycles. The lowest BCUT2D eigenvalue weighted by atomic mass is 9.82. The fourth-order valence-corrected chi connectivity index (χ4v) is 2.62. The maximum Gasteiger partial charge on any atom is 0.335 e. The zero-order chi connectivity index (χ0) is 14.5. The van der Waals surface area contributed by atoms with Gasteiger partial charge < -0.3 is 10.4 Å². The van der Waals surface area contributed by atoms with Crippen molar-refractivity contribution in [1.29, 1.82) is 0 Å². The Morgan fingerprint density at radius 2 is 1.75 bits per heavy atom. The molecule has 0 atom stereocenters. The summed E-state index contributed by atoms with van der Waals surface area (Å²) >= 11 is 0. The van der Waals surface area contributed by atoms with Crippen LogP contribution in [0.15, 0.2) is 24.3 Å². The monoisotopic (exact) mass is 275 g/mol. The van der Waals surface area contributed by atoms with Crippen LogP contribution in [0.1, 0.15) is 48.5 Å². The Labute approximate surface area is 119 Å². The van der Waals surface area contributed by atoms with E-state index in [0.29, 0.717) is 6.54 Å². The van der Waals surface area contributed by atoms with Crippen LogP contribution in [-0.2, 0) is 11.3 Å². The summed E-state index contributed by atoms with van der Waals surface area (Å²) in [4.78, 5) is 22.8. The van der Waals surface area contributed by atoms with E-state index >= 15 is 0 Å². The van der Waals surface area contributed by atoms with Crippen LogP contribution in [0, 0.1) is 11.8 Å². The van der Waals surface area contributed by atoms with Gasteiger partial charge >= 0.3 is 5.97 Å². The number of hydrogen-bond donors (Lipinski definition) is 2. The number of nitrogens with one attached hydrogen (secondary N) is 1. The third-order valence-electron chi connectivity index (χ3n) is 4.05. The van der Waals surface area contributed by atoms with Crippen molar-refractivity contribution in [3.05, 3.63) is 35.4 Å². The van der Waals surface area contributed by atoms with Gasteiger partial charge in [-0.2, -0.15) is 0 Å². The van der Waals surface area contributed by atoms with Gasteiger partial charge in [0.1, 0.15) is 0 Å². The number of carbonyl (C=O) groups is 2. The number of rotatable bonds is 4. The second-order valence-electron chi connectivity index (χ2n) is 5.68. The molecule has 0 unspecified atom stereocenters. The zero-order valence-corrected chi connectivity index (χ0v) is 11.8. The number of benzene rings is 1. The molecule has 0 radical (unpaired) electrons. The van der Waals surface area contributed by atoms with Gasteiger partial charge in [-0.15, -0.1) is 0 Å². The maximum atomic E-state index is 12.0. The molecule has 1 amide bonds. The predicted molar refractivity (Wildman–Crippen MR) is 76.4 cm³/mol. The molecular weight excluding hydrogens is 254 g/mol. The lowest BCUT2D eigenvalue weighted by Crippen LogP contribution is -2.32. The van der Waals surface area contributed by atoms with Gasteiger partial charge in [0.25, 0.3) is 0 Å². The zero-order valence-electron chi connectivity index (χ0n) is 11.8. The minimum atomic E-state index is -0.933. The standard InChI is InChI=1S/C16H21NO3/c1-11-2-6-13(7-3-11)15(18)17-10-12-4-8-14(9-5-12)16(19)20/h4-5,8-9,11,13H,2-3,6-7,10H2,1H3,(H,17,18)(H,19,20). The van der Waals surface area contributed by atoms with Gasteiger partial charge in [0.2, 0.25) is 5.91 Å². The third-order valence-corrected chi connectivity index (χ3v) is 4.05. The molecule has 1 aromatic rings. The van der Waals surface area contributed by atoms with Crippen molar-refractivity contribution in [2.75, 3.05) is 0 Å². The molecule has 1 aromatic carbocycles. The van der Waals surface area contributed by atoms with Crippen LogP contribution < -0.4 is 5.32 Å². The van der Waals surface area contributed by atoms with Crippen LogP contribution in [-0.4, -0.2) is 17.0 Å². The highest BCUT2D eigenvalue weighted by atomic mass is 16.4. The van der Waals surface area contributed by atoms with E-state index in [9.17, 15) is 9.59 Å². The first-order valence-electron chi connectivity index (χ1n) is 7.16. The Hall–Kier alpha value is -1.84. The lowest BCUT2D eigenvalue weighted by molar-refractivity contribution is -0.126. The van der Waals surface area contributed by atoms with Crippen molar-refractivity contribution in [2.24, 2.45) is 11.8 Å². The minimum Gasteiger partial charge on any atom is -0.478 e. The van der Waals surface area contributed by atoms with Crippen LogP contribution >= 0.6 is 0 Å². The second-order valence-corrected chi connectivity index (χ2v) is 5.68. The smallest absolute Gasteiger partial charge is 0.335 e. The molecule has 4 nitrogen and oxygen atoms in total. The van der Waals surface area contributed by atoms with E-state index in [1.54, 1.807) is 24.3 Å². The minimum absolute atomic E-state index is 0.124. The summed E-state index contributed by atoms with van der Waals surface area (Å²) in [5.41, 5.74) is 1.19. The highest BCUT2D eigenvalue weighted by molar-refractivity contribution is 5.87. The van der Waals surface area contributed by atoms with Crippen LogP contribution in [0.5, 0.6) is 0 Å². The van der Waals surface area contributed by atoms with E-state index in [0.717, 1.165) is 37.2 Å². The van der Waals surface area contributed by atoms with Gasteiger partial charge in [0.15, 0.2) is 0 Å². The summed E-state index contributed by atoms with van der Waals surface area (Å²) in [6, 6.07) is 6.61. The molecule has 20 heavy (non-hydrogen) atoms. The van der Waals surface area contributed by atoms with Crippen molar-refractivity contribution >= 4 is 11.9 Å². The van der Waals surface area contributed by atoms with E-state index in [1.807, 2.05) is 0 Å². The van der Waals surface area contributed by atoms with E-state index in [1.165, 1.54) is 0 Å². The largest absolute Gasteiger partial charge is 0.478 e. The summed E-state index contributed by atoms with van der Waals surface area (Å²) in [5, 5.41) is 11.8. The first-order chi connectivity index (χ1) is 9.56. The average Bonchev–Trinajstić information content (AvgIpc) is 2.46. The molecule has 0 saturated heterocycles. The molecule has 4 heteroatoms. The van der Waals surface area contributed by atoms with Gasteiger partial charge in [-0.3, -0.25) is 4.79 Å². The van der Waals surface area contributed by atoms with Gasteiger partial charge in [0, 0.05) is 12.5 Å². The summed E-state index contributed by atoms with van der Waals surface area (Å²) in [6.45, 7) is 2.70. The molecule has 1 fully saturated rings. The average molecular weight is 275 g/mol. The number of carboxylic acid groups (broad SMARTS) is 1. The van der Waals surface area contributed by atoms with Crippen LogP contribution in [0.4, 0.5) is 0 Å². The summed E-state index contributed by atoms with van der Waals surface area (Å²) < 4.78 is 0. The van der Waals surface area contributed by atoms with Crippen molar-refractivity contribution in [2.45, 2.75) is 39.2 Å². The van der Waals surface area contributed by atoms with E-state index in [4.69, 9.17) is 5.11 Å². The topological polar surface area (TPSA) is 66.4 Å². The van der Waals surface area contributed by atoms with Crippen molar-refractivity contribution < 1.29 is 14.7 Å². The lowest BCUT2D eigenvalue weighted by Gasteiger charge is -2.25. The molecule has 0 bridgehead atoms.